The van der Waals surface area contributed by atoms with Gasteiger partial charge in [-0.15, -0.1) is 0 Å². The van der Waals surface area contributed by atoms with E-state index in [-0.39, 0.29) is 0 Å². The van der Waals surface area contributed by atoms with Crippen LogP contribution in [0.5, 0.6) is 0 Å². The molecule has 0 saturated heterocycles. The molecule has 1 rings (SSSR count). The molecule has 1 atom stereocenters. The van der Waals surface area contributed by atoms with Crippen molar-refractivity contribution in [1.29, 1.82) is 0 Å². The molecule has 0 aliphatic carbocycles. The summed E-state index contributed by atoms with van der Waals surface area (Å²) in [5.74, 6) is 2.28. The van der Waals surface area contributed by atoms with Crippen LogP contribution >= 0.6 is 0 Å². The van der Waals surface area contributed by atoms with Crippen LogP contribution in [0.25, 0.3) is 0 Å². The average molecular weight is 168 g/mol. The molecular weight excluding hydrogens is 150 g/mol. The minimum Gasteiger partial charge on any atom is -0.469 e. The molecular formula is C10H18NO+. The van der Waals surface area contributed by atoms with Gasteiger partial charge in [-0.3, -0.25) is 0 Å². The lowest BCUT2D eigenvalue weighted by atomic mass is 9.90. The zero-order valence-corrected chi connectivity index (χ0v) is 7.92. The maximum atomic E-state index is 5.38. The number of furan rings is 1. The second kappa shape index (κ2) is 4.31. The lowest BCUT2D eigenvalue weighted by molar-refractivity contribution is -0.369. The first kappa shape index (κ1) is 9.33. The van der Waals surface area contributed by atoms with Crippen molar-refractivity contribution in [3.8, 4) is 0 Å². The van der Waals surface area contributed by atoms with E-state index in [4.69, 9.17) is 4.42 Å². The molecule has 0 saturated carbocycles. The fourth-order valence-corrected chi connectivity index (χ4v) is 1.53. The third kappa shape index (κ3) is 2.11. The van der Waals surface area contributed by atoms with Gasteiger partial charge in [0.25, 0.3) is 0 Å². The summed E-state index contributed by atoms with van der Waals surface area (Å²) in [6, 6.07) is 4.01. The Morgan fingerprint density at radius 3 is 2.67 bits per heavy atom. The minimum absolute atomic E-state index is 0.539. The van der Waals surface area contributed by atoms with Crippen molar-refractivity contribution >= 4 is 0 Å². The van der Waals surface area contributed by atoms with E-state index in [1.807, 2.05) is 6.07 Å². The molecule has 0 amide bonds. The van der Waals surface area contributed by atoms with Crippen molar-refractivity contribution in [2.24, 2.45) is 5.92 Å². The monoisotopic (exact) mass is 168 g/mol. The summed E-state index contributed by atoms with van der Waals surface area (Å²) < 4.78 is 5.38. The first-order valence-corrected chi connectivity index (χ1v) is 4.58. The fraction of sp³-hybridized carbons (Fsp3) is 0.600. The summed E-state index contributed by atoms with van der Waals surface area (Å²) in [5.41, 5.74) is 3.88. The highest BCUT2D eigenvalue weighted by atomic mass is 16.3. The third-order valence-corrected chi connectivity index (χ3v) is 2.23. The van der Waals surface area contributed by atoms with E-state index >= 15 is 0 Å². The van der Waals surface area contributed by atoms with E-state index in [1.165, 1.54) is 0 Å². The fourth-order valence-electron chi connectivity index (χ4n) is 1.53. The van der Waals surface area contributed by atoms with Crippen LogP contribution < -0.4 is 5.73 Å². The second-order valence-electron chi connectivity index (χ2n) is 3.51. The van der Waals surface area contributed by atoms with Gasteiger partial charge in [0.05, 0.1) is 12.8 Å². The first-order valence-electron chi connectivity index (χ1n) is 4.58. The Morgan fingerprint density at radius 2 is 2.25 bits per heavy atom. The van der Waals surface area contributed by atoms with E-state index < -0.39 is 0 Å². The lowest BCUT2D eigenvalue weighted by Gasteiger charge is -2.16. The average Bonchev–Trinajstić information content (AvgIpc) is 2.51. The maximum absolute atomic E-state index is 5.38. The largest absolute Gasteiger partial charge is 0.469 e. The number of hydrogen-bond donors (Lipinski definition) is 1. The predicted octanol–water partition coefficient (Wildman–Crippen LogP) is 1.65. The summed E-state index contributed by atoms with van der Waals surface area (Å²) in [6.07, 6.45) is 2.86. The highest BCUT2D eigenvalue weighted by Crippen LogP contribution is 2.27. The predicted molar refractivity (Wildman–Crippen MR) is 48.7 cm³/mol. The van der Waals surface area contributed by atoms with Crippen LogP contribution in [-0.4, -0.2) is 6.54 Å². The van der Waals surface area contributed by atoms with Crippen LogP contribution in [-0.2, 0) is 0 Å². The molecule has 3 N–H and O–H groups in total. The Bertz CT molecular complexity index is 204. The molecule has 0 spiro atoms. The Kier molecular flexibility index (Phi) is 3.35. The quantitative estimate of drug-likeness (QED) is 0.729. The van der Waals surface area contributed by atoms with Gasteiger partial charge in [0.15, 0.2) is 0 Å². The Labute approximate surface area is 73.8 Å². The van der Waals surface area contributed by atoms with Gasteiger partial charge in [0, 0.05) is 12.3 Å². The van der Waals surface area contributed by atoms with E-state index in [0.717, 1.165) is 18.7 Å². The van der Waals surface area contributed by atoms with E-state index in [2.05, 4.69) is 25.6 Å². The molecule has 2 heteroatoms. The maximum Gasteiger partial charge on any atom is 0.107 e. The zero-order chi connectivity index (χ0) is 8.97. The van der Waals surface area contributed by atoms with Crippen LogP contribution in [0, 0.1) is 5.92 Å². The molecule has 1 aromatic rings. The number of hydrogen-bond acceptors (Lipinski definition) is 1. The van der Waals surface area contributed by atoms with Gasteiger partial charge in [-0.2, -0.15) is 0 Å². The number of rotatable bonds is 4. The molecule has 0 fully saturated rings. The van der Waals surface area contributed by atoms with Crippen molar-refractivity contribution in [3.63, 3.8) is 0 Å². The lowest BCUT2D eigenvalue weighted by Crippen LogP contribution is -2.50. The molecule has 0 aliphatic rings. The second-order valence-corrected chi connectivity index (χ2v) is 3.51. The molecule has 2 nitrogen and oxygen atoms in total. The van der Waals surface area contributed by atoms with Crippen molar-refractivity contribution in [3.05, 3.63) is 24.2 Å². The van der Waals surface area contributed by atoms with Gasteiger partial charge in [0.1, 0.15) is 5.76 Å². The molecule has 68 valence electrons. The van der Waals surface area contributed by atoms with E-state index in [9.17, 15) is 0 Å². The van der Waals surface area contributed by atoms with Gasteiger partial charge in [0.2, 0.25) is 0 Å². The van der Waals surface area contributed by atoms with Crippen LogP contribution in [0.1, 0.15) is 31.9 Å². The van der Waals surface area contributed by atoms with E-state index in [0.29, 0.717) is 11.8 Å². The molecule has 0 aliphatic heterocycles. The summed E-state index contributed by atoms with van der Waals surface area (Å²) >= 11 is 0. The van der Waals surface area contributed by atoms with Crippen molar-refractivity contribution < 1.29 is 10.2 Å². The zero-order valence-electron chi connectivity index (χ0n) is 7.92. The molecule has 0 aromatic carbocycles. The topological polar surface area (TPSA) is 40.8 Å². The van der Waals surface area contributed by atoms with Gasteiger partial charge >= 0.3 is 0 Å². The molecule has 0 bridgehead atoms. The normalized spacial score (nSPS) is 13.7. The van der Waals surface area contributed by atoms with Gasteiger partial charge in [-0.05, 0) is 18.1 Å². The van der Waals surface area contributed by atoms with Crippen LogP contribution in [0.4, 0.5) is 0 Å². The standard InChI is InChI=1S/C10H17NO/c1-8(2)9(5-6-11)10-4-3-7-12-10/h3-4,7-9H,5-6,11H2,1-2H3/p+1/t9-/m1/s1. The van der Waals surface area contributed by atoms with Crippen molar-refractivity contribution in [2.45, 2.75) is 26.2 Å². The molecule has 12 heavy (non-hydrogen) atoms. The molecule has 0 radical (unpaired) electrons. The summed E-state index contributed by atoms with van der Waals surface area (Å²) in [4.78, 5) is 0. The highest BCUT2D eigenvalue weighted by Gasteiger charge is 2.17. The van der Waals surface area contributed by atoms with Crippen LogP contribution in [0.3, 0.4) is 0 Å². The third-order valence-electron chi connectivity index (χ3n) is 2.23. The molecule has 1 heterocycles. The number of quaternary nitrogens is 1. The Morgan fingerprint density at radius 1 is 1.50 bits per heavy atom. The Hall–Kier alpha value is -0.760. The van der Waals surface area contributed by atoms with Gasteiger partial charge in [-0.1, -0.05) is 13.8 Å². The molecule has 0 unspecified atom stereocenters. The molecule has 1 aromatic heterocycles. The van der Waals surface area contributed by atoms with Gasteiger partial charge in [-0.25, -0.2) is 0 Å². The smallest absolute Gasteiger partial charge is 0.107 e. The Balaban J connectivity index is 2.66. The van der Waals surface area contributed by atoms with Gasteiger partial charge < -0.3 is 10.2 Å². The SMILES string of the molecule is CC(C)[C@@H](CC[NH3+])c1ccco1. The van der Waals surface area contributed by atoms with Crippen molar-refractivity contribution in [2.75, 3.05) is 6.54 Å². The minimum atomic E-state index is 0.539. The highest BCUT2D eigenvalue weighted by molar-refractivity contribution is 5.05. The van der Waals surface area contributed by atoms with Crippen molar-refractivity contribution in [1.82, 2.24) is 0 Å². The summed E-state index contributed by atoms with van der Waals surface area (Å²) in [7, 11) is 0. The summed E-state index contributed by atoms with van der Waals surface area (Å²) in [6.45, 7) is 5.43. The summed E-state index contributed by atoms with van der Waals surface area (Å²) in [5, 5.41) is 0. The van der Waals surface area contributed by atoms with E-state index in [1.54, 1.807) is 6.26 Å². The van der Waals surface area contributed by atoms with Crippen LogP contribution in [0.15, 0.2) is 22.8 Å². The first-order chi connectivity index (χ1) is 5.75. The van der Waals surface area contributed by atoms with Crippen LogP contribution in [0.2, 0.25) is 0 Å².